The lowest BCUT2D eigenvalue weighted by Crippen LogP contribution is -2.46. The van der Waals surface area contributed by atoms with Gasteiger partial charge < -0.3 is 0 Å². The summed E-state index contributed by atoms with van der Waals surface area (Å²) in [5.41, 5.74) is 2.48. The molecule has 6 nitrogen and oxygen atoms in total. The summed E-state index contributed by atoms with van der Waals surface area (Å²) in [4.78, 5) is 39.4. The molecule has 0 saturated carbocycles. The normalized spacial score (nSPS) is 16.5. The van der Waals surface area contributed by atoms with Crippen LogP contribution in [-0.4, -0.2) is 21.9 Å². The highest BCUT2D eigenvalue weighted by atomic mass is 32.2. The van der Waals surface area contributed by atoms with E-state index in [0.29, 0.717) is 21.9 Å². The molecule has 1 unspecified atom stereocenters. The maximum Gasteiger partial charge on any atom is 0.269 e. The predicted octanol–water partition coefficient (Wildman–Crippen LogP) is 5.10. The van der Waals surface area contributed by atoms with Crippen LogP contribution in [0.4, 0.5) is 11.4 Å². The number of rotatable bonds is 5. The molecule has 1 aliphatic heterocycles. The summed E-state index contributed by atoms with van der Waals surface area (Å²) in [7, 11) is 0. The fraction of sp³-hybridized carbons (Fsp3) is 0.0833. The molecule has 1 heterocycles. The molecule has 3 aromatic carbocycles. The average molecular weight is 430 g/mol. The molecule has 0 bridgehead atoms. The molecule has 4 rings (SSSR count). The number of carbonyl (C=O) groups is 2. The van der Waals surface area contributed by atoms with Gasteiger partial charge in [0.05, 0.1) is 10.6 Å². The number of ketones is 1. The Balaban J connectivity index is 1.78. The van der Waals surface area contributed by atoms with E-state index in [4.69, 9.17) is 0 Å². The summed E-state index contributed by atoms with van der Waals surface area (Å²) in [5.74, 6) is -0.608. The number of para-hydroxylation sites is 1. The van der Waals surface area contributed by atoms with Gasteiger partial charge >= 0.3 is 0 Å². The lowest BCUT2D eigenvalue weighted by molar-refractivity contribution is -0.384. The van der Waals surface area contributed by atoms with E-state index < -0.39 is 10.2 Å². The van der Waals surface area contributed by atoms with E-state index >= 15 is 0 Å². The largest absolute Gasteiger partial charge is 0.293 e. The SMILES string of the molecule is CC1=C(c2ccccc2)N(c2ccccc2)C(=O)C(Sc2ccc([N+](=O)[O-])cc2)C1=O. The molecule has 0 aliphatic carbocycles. The monoisotopic (exact) mass is 430 g/mol. The van der Waals surface area contributed by atoms with Crippen molar-refractivity contribution in [1.29, 1.82) is 0 Å². The number of hydrogen-bond donors (Lipinski definition) is 0. The van der Waals surface area contributed by atoms with Crippen LogP contribution < -0.4 is 4.90 Å². The molecule has 0 radical (unpaired) electrons. The van der Waals surface area contributed by atoms with E-state index in [0.717, 1.165) is 17.3 Å². The number of nitro groups is 1. The maximum atomic E-state index is 13.6. The molecule has 7 heteroatoms. The van der Waals surface area contributed by atoms with Gasteiger partial charge in [0.1, 0.15) is 0 Å². The minimum atomic E-state index is -0.978. The van der Waals surface area contributed by atoms with Crippen LogP contribution in [0.25, 0.3) is 5.70 Å². The number of allylic oxidation sites excluding steroid dienone is 1. The van der Waals surface area contributed by atoms with Crippen LogP contribution in [0.1, 0.15) is 12.5 Å². The van der Waals surface area contributed by atoms with Crippen molar-refractivity contribution in [3.63, 3.8) is 0 Å². The zero-order valence-electron chi connectivity index (χ0n) is 16.6. The van der Waals surface area contributed by atoms with Gasteiger partial charge in [0, 0.05) is 28.3 Å². The number of thioether (sulfide) groups is 1. The first-order chi connectivity index (χ1) is 15.0. The van der Waals surface area contributed by atoms with Crippen molar-refractivity contribution in [3.05, 3.63) is 106 Å². The highest BCUT2D eigenvalue weighted by molar-refractivity contribution is 8.01. The molecule has 0 spiro atoms. The van der Waals surface area contributed by atoms with Crippen molar-refractivity contribution >= 4 is 40.5 Å². The molecule has 31 heavy (non-hydrogen) atoms. The first-order valence-corrected chi connectivity index (χ1v) is 10.5. The van der Waals surface area contributed by atoms with Gasteiger partial charge in [-0.1, -0.05) is 48.5 Å². The molecule has 1 atom stereocenters. The van der Waals surface area contributed by atoms with Gasteiger partial charge in [0.15, 0.2) is 11.0 Å². The summed E-state index contributed by atoms with van der Waals surface area (Å²) < 4.78 is 0. The topological polar surface area (TPSA) is 80.5 Å². The Morgan fingerprint density at radius 2 is 1.45 bits per heavy atom. The molecule has 154 valence electrons. The van der Waals surface area contributed by atoms with Gasteiger partial charge in [-0.3, -0.25) is 24.6 Å². The number of hydrogen-bond acceptors (Lipinski definition) is 5. The Labute approximate surface area is 183 Å². The summed E-state index contributed by atoms with van der Waals surface area (Å²) in [6, 6.07) is 24.4. The second kappa shape index (κ2) is 8.57. The van der Waals surface area contributed by atoms with E-state index in [1.165, 1.54) is 12.1 Å². The number of nitrogens with zero attached hydrogens (tertiary/aromatic N) is 2. The summed E-state index contributed by atoms with van der Waals surface area (Å²) in [5, 5.41) is 9.92. The molecule has 0 aromatic heterocycles. The second-order valence-electron chi connectivity index (χ2n) is 6.96. The first-order valence-electron chi connectivity index (χ1n) is 9.58. The van der Waals surface area contributed by atoms with Crippen LogP contribution in [0.15, 0.2) is 95.4 Å². The Morgan fingerprint density at radius 3 is 2.03 bits per heavy atom. The van der Waals surface area contributed by atoms with Crippen molar-refractivity contribution in [3.8, 4) is 0 Å². The molecule has 1 aliphatic rings. The van der Waals surface area contributed by atoms with Crippen molar-refractivity contribution in [1.82, 2.24) is 0 Å². The van der Waals surface area contributed by atoms with Gasteiger partial charge in [-0.2, -0.15) is 0 Å². The quantitative estimate of drug-likeness (QED) is 0.319. The Hall–Kier alpha value is -3.71. The molecule has 0 N–H and O–H groups in total. The van der Waals surface area contributed by atoms with Crippen molar-refractivity contribution in [2.75, 3.05) is 4.90 Å². The number of benzene rings is 3. The smallest absolute Gasteiger partial charge is 0.269 e. The predicted molar refractivity (Wildman–Crippen MR) is 121 cm³/mol. The number of Topliss-reactive ketones (excluding diaryl/α,β-unsaturated/α-hetero) is 1. The Morgan fingerprint density at radius 1 is 0.871 bits per heavy atom. The molecule has 1 amide bonds. The van der Waals surface area contributed by atoms with Gasteiger partial charge in [-0.15, -0.1) is 11.8 Å². The van der Waals surface area contributed by atoms with Crippen LogP contribution >= 0.6 is 11.8 Å². The zero-order valence-corrected chi connectivity index (χ0v) is 17.4. The highest BCUT2D eigenvalue weighted by Gasteiger charge is 2.41. The van der Waals surface area contributed by atoms with E-state index in [-0.39, 0.29) is 17.4 Å². The number of carbonyl (C=O) groups excluding carboxylic acids is 2. The summed E-state index contributed by atoms with van der Waals surface area (Å²) in [6.07, 6.45) is 0. The van der Waals surface area contributed by atoms with Crippen LogP contribution in [0.2, 0.25) is 0 Å². The van der Waals surface area contributed by atoms with Crippen molar-refractivity contribution < 1.29 is 14.5 Å². The van der Waals surface area contributed by atoms with Crippen LogP contribution in [0.3, 0.4) is 0 Å². The van der Waals surface area contributed by atoms with Gasteiger partial charge in [-0.25, -0.2) is 0 Å². The van der Waals surface area contributed by atoms with Crippen LogP contribution in [0, 0.1) is 10.1 Å². The second-order valence-corrected chi connectivity index (χ2v) is 8.14. The molecule has 3 aromatic rings. The third-order valence-corrected chi connectivity index (χ3v) is 6.19. The van der Waals surface area contributed by atoms with E-state index in [1.54, 1.807) is 24.0 Å². The average Bonchev–Trinajstić information content (AvgIpc) is 2.80. The van der Waals surface area contributed by atoms with E-state index in [1.807, 2.05) is 60.7 Å². The number of nitro benzene ring substituents is 1. The molecule has 0 fully saturated rings. The number of non-ortho nitro benzene ring substituents is 1. The summed E-state index contributed by atoms with van der Waals surface area (Å²) >= 11 is 1.10. The number of anilines is 1. The van der Waals surface area contributed by atoms with Crippen molar-refractivity contribution in [2.24, 2.45) is 0 Å². The third-order valence-electron chi connectivity index (χ3n) is 4.99. The number of amides is 1. The first kappa shape index (κ1) is 20.6. The van der Waals surface area contributed by atoms with Gasteiger partial charge in [0.25, 0.3) is 11.6 Å². The van der Waals surface area contributed by atoms with E-state index in [2.05, 4.69) is 0 Å². The minimum Gasteiger partial charge on any atom is -0.293 e. The van der Waals surface area contributed by atoms with Gasteiger partial charge in [0.2, 0.25) is 0 Å². The van der Waals surface area contributed by atoms with Crippen molar-refractivity contribution in [2.45, 2.75) is 17.1 Å². The fourth-order valence-electron chi connectivity index (χ4n) is 3.48. The summed E-state index contributed by atoms with van der Waals surface area (Å²) in [6.45, 7) is 1.73. The van der Waals surface area contributed by atoms with Gasteiger partial charge in [-0.05, 0) is 36.8 Å². The fourth-order valence-corrected chi connectivity index (χ4v) is 4.54. The molecular formula is C24H18N2O4S. The highest BCUT2D eigenvalue weighted by Crippen LogP contribution is 2.39. The maximum absolute atomic E-state index is 13.6. The third kappa shape index (κ3) is 4.00. The Kier molecular flexibility index (Phi) is 5.68. The standard InChI is InChI=1S/C24H18N2O4S/c1-16-21(17-8-4-2-5-9-17)25(18-10-6-3-7-11-18)24(28)23(22(16)27)31-20-14-12-19(13-15-20)26(29)30/h2-15,23H,1H3. The van der Waals surface area contributed by atoms with Crippen LogP contribution in [-0.2, 0) is 9.59 Å². The Bertz CT molecular complexity index is 1180. The lowest BCUT2D eigenvalue weighted by atomic mass is 9.95. The minimum absolute atomic E-state index is 0.0426. The van der Waals surface area contributed by atoms with E-state index in [9.17, 15) is 19.7 Å². The molecular weight excluding hydrogens is 412 g/mol. The van der Waals surface area contributed by atoms with Crippen LogP contribution in [0.5, 0.6) is 0 Å². The zero-order chi connectivity index (χ0) is 22.0. The molecule has 0 saturated heterocycles. The lowest BCUT2D eigenvalue weighted by Gasteiger charge is -2.34.